The number of benzene rings is 3. The van der Waals surface area contributed by atoms with Gasteiger partial charge in [0.15, 0.2) is 0 Å². The molecule has 3 aromatic carbocycles. The summed E-state index contributed by atoms with van der Waals surface area (Å²) in [6.07, 6.45) is 8.63. The minimum Gasteiger partial charge on any atom is -0.392 e. The number of aryl methyl sites for hydroxylation is 2. The van der Waals surface area contributed by atoms with Crippen molar-refractivity contribution in [2.45, 2.75) is 83.4 Å². The molecule has 2 N–H and O–H groups in total. The van der Waals surface area contributed by atoms with Crippen molar-refractivity contribution in [2.75, 3.05) is 0 Å². The maximum atomic E-state index is 13.6. The lowest BCUT2D eigenvalue weighted by molar-refractivity contribution is 0.0912. The number of amides is 1. The van der Waals surface area contributed by atoms with Gasteiger partial charge in [0.2, 0.25) is 0 Å². The number of rotatable bonds is 5. The molecule has 1 saturated carbocycles. The van der Waals surface area contributed by atoms with Crippen LogP contribution in [0.2, 0.25) is 0 Å². The highest BCUT2D eigenvalue weighted by Crippen LogP contribution is 2.46. The number of fused-ring (bicyclic) bond motifs is 5. The molecule has 38 heavy (non-hydrogen) atoms. The summed E-state index contributed by atoms with van der Waals surface area (Å²) in [4.78, 5) is 13.6. The molecular weight excluding hydrogens is 468 g/mol. The van der Waals surface area contributed by atoms with Gasteiger partial charge in [-0.25, -0.2) is 0 Å². The predicted molar refractivity (Wildman–Crippen MR) is 154 cm³/mol. The summed E-state index contributed by atoms with van der Waals surface area (Å²) in [5.74, 6) is 0.515. The van der Waals surface area contributed by atoms with Crippen LogP contribution in [0, 0.1) is 0 Å². The number of carbonyl (C=O) groups excluding carboxylic acids is 1. The van der Waals surface area contributed by atoms with Crippen molar-refractivity contribution in [1.29, 1.82) is 0 Å². The zero-order valence-electron chi connectivity index (χ0n) is 22.6. The monoisotopic (exact) mass is 506 g/mol. The molecule has 6 rings (SSSR count). The fraction of sp³-hybridized carbons (Fsp3) is 0.382. The van der Waals surface area contributed by atoms with Gasteiger partial charge in [-0.05, 0) is 79.8 Å². The van der Waals surface area contributed by atoms with Crippen molar-refractivity contribution in [3.05, 3.63) is 94.5 Å². The molecule has 0 unspecified atom stereocenters. The predicted octanol–water partition coefficient (Wildman–Crippen LogP) is 7.46. The number of aliphatic hydroxyl groups excluding tert-OH is 1. The Hall–Kier alpha value is -3.37. The van der Waals surface area contributed by atoms with E-state index < -0.39 is 5.54 Å². The molecule has 196 valence electrons. The highest BCUT2D eigenvalue weighted by molar-refractivity contribution is 6.01. The van der Waals surface area contributed by atoms with Gasteiger partial charge >= 0.3 is 0 Å². The molecule has 1 fully saturated rings. The molecule has 2 heterocycles. The van der Waals surface area contributed by atoms with Crippen LogP contribution in [-0.4, -0.2) is 15.6 Å². The molecule has 1 aliphatic carbocycles. The lowest BCUT2D eigenvalue weighted by atomic mass is 9.81. The first-order chi connectivity index (χ1) is 18.5. The summed E-state index contributed by atoms with van der Waals surface area (Å²) >= 11 is 0. The summed E-state index contributed by atoms with van der Waals surface area (Å²) in [6, 6.07) is 23.1. The maximum Gasteiger partial charge on any atom is 0.252 e. The van der Waals surface area contributed by atoms with Crippen LogP contribution in [0.3, 0.4) is 0 Å². The smallest absolute Gasteiger partial charge is 0.252 e. The molecule has 0 radical (unpaired) electrons. The molecule has 0 atom stereocenters. The normalized spacial score (nSPS) is 16.1. The van der Waals surface area contributed by atoms with Gasteiger partial charge < -0.3 is 15.0 Å². The molecule has 1 aromatic heterocycles. The lowest BCUT2D eigenvalue weighted by Crippen LogP contribution is -2.41. The highest BCUT2D eigenvalue weighted by Gasteiger charge is 2.29. The van der Waals surface area contributed by atoms with Crippen LogP contribution in [0.5, 0.6) is 0 Å². The first-order valence-corrected chi connectivity index (χ1v) is 14.2. The number of hydrogen-bond acceptors (Lipinski definition) is 2. The van der Waals surface area contributed by atoms with Crippen LogP contribution in [0.1, 0.15) is 90.9 Å². The maximum absolute atomic E-state index is 13.6. The van der Waals surface area contributed by atoms with Crippen LogP contribution in [0.4, 0.5) is 0 Å². The number of nitrogens with zero attached hydrogens (tertiary/aromatic N) is 1. The number of hydrogen-bond donors (Lipinski definition) is 2. The minimum absolute atomic E-state index is 0.0159. The lowest BCUT2D eigenvalue weighted by Gasteiger charge is -2.27. The molecule has 4 nitrogen and oxygen atoms in total. The quantitative estimate of drug-likeness (QED) is 0.295. The summed E-state index contributed by atoms with van der Waals surface area (Å²) in [5.41, 5.74) is 8.94. The number of aliphatic hydroxyl groups is 1. The zero-order chi connectivity index (χ0) is 26.3. The number of carbonyl (C=O) groups is 1. The molecular formula is C34H38N2O2. The zero-order valence-corrected chi connectivity index (χ0v) is 22.6. The molecule has 0 saturated heterocycles. The number of nitrogens with one attached hydrogen (secondary N) is 1. The topological polar surface area (TPSA) is 54.3 Å². The molecule has 1 aliphatic heterocycles. The van der Waals surface area contributed by atoms with Crippen molar-refractivity contribution in [1.82, 2.24) is 9.88 Å². The second-order valence-corrected chi connectivity index (χ2v) is 11.7. The van der Waals surface area contributed by atoms with Gasteiger partial charge in [-0.3, -0.25) is 4.79 Å². The Morgan fingerprint density at radius 1 is 0.974 bits per heavy atom. The Morgan fingerprint density at radius 3 is 2.50 bits per heavy atom. The summed E-state index contributed by atoms with van der Waals surface area (Å²) in [7, 11) is 0. The van der Waals surface area contributed by atoms with Gasteiger partial charge in [-0.15, -0.1) is 0 Å². The van der Waals surface area contributed by atoms with E-state index in [2.05, 4.69) is 46.3 Å². The Labute approximate surface area is 225 Å². The first-order valence-electron chi connectivity index (χ1n) is 14.2. The van der Waals surface area contributed by atoms with E-state index >= 15 is 0 Å². The van der Waals surface area contributed by atoms with Crippen molar-refractivity contribution >= 4 is 16.8 Å². The van der Waals surface area contributed by atoms with E-state index in [1.54, 1.807) is 0 Å². The van der Waals surface area contributed by atoms with Gasteiger partial charge in [0, 0.05) is 28.6 Å². The van der Waals surface area contributed by atoms with Gasteiger partial charge in [0.25, 0.3) is 5.91 Å². The fourth-order valence-corrected chi connectivity index (χ4v) is 6.70. The number of aromatic nitrogens is 1. The minimum atomic E-state index is -0.539. The fourth-order valence-electron chi connectivity index (χ4n) is 6.70. The first kappa shape index (κ1) is 24.9. The largest absolute Gasteiger partial charge is 0.392 e. The second kappa shape index (κ2) is 10.1. The standard InChI is InChI=1S/C34H38N2O2/c1-34(2,27-17-14-23(22-37)15-18-27)35-33(38)26-16-19-29-30(21-26)36-20-8-12-24-9-6-7-13-28(24)32(36)31(29)25-10-4-3-5-11-25/h6-7,9,13-19,21,25,37H,3-5,8,10-12,20,22H2,1-2H3,(H,35,38). The van der Waals surface area contributed by atoms with Gasteiger partial charge in [-0.1, -0.05) is 73.9 Å². The summed E-state index contributed by atoms with van der Waals surface area (Å²) in [5, 5.41) is 14.0. The summed E-state index contributed by atoms with van der Waals surface area (Å²) in [6.45, 7) is 5.04. The highest BCUT2D eigenvalue weighted by atomic mass is 16.3. The third kappa shape index (κ3) is 4.45. The van der Waals surface area contributed by atoms with E-state index in [1.165, 1.54) is 65.4 Å². The third-order valence-electron chi connectivity index (χ3n) is 8.76. The average Bonchev–Trinajstić information content (AvgIpc) is 3.14. The van der Waals surface area contributed by atoms with Gasteiger partial charge in [-0.2, -0.15) is 0 Å². The van der Waals surface area contributed by atoms with E-state index in [4.69, 9.17) is 0 Å². The molecule has 4 heteroatoms. The molecule has 4 aromatic rings. The van der Waals surface area contributed by atoms with E-state index in [1.807, 2.05) is 44.2 Å². The Bertz CT molecular complexity index is 1470. The van der Waals surface area contributed by atoms with Crippen LogP contribution < -0.4 is 5.32 Å². The van der Waals surface area contributed by atoms with Crippen LogP contribution in [-0.2, 0) is 25.1 Å². The second-order valence-electron chi connectivity index (χ2n) is 11.7. The summed E-state index contributed by atoms with van der Waals surface area (Å²) < 4.78 is 2.51. The van der Waals surface area contributed by atoms with Crippen molar-refractivity contribution in [3.8, 4) is 11.3 Å². The molecule has 2 aliphatic rings. The van der Waals surface area contributed by atoms with Gasteiger partial charge in [0.05, 0.1) is 17.8 Å². The van der Waals surface area contributed by atoms with Crippen molar-refractivity contribution in [3.63, 3.8) is 0 Å². The van der Waals surface area contributed by atoms with E-state index in [9.17, 15) is 9.90 Å². The molecule has 1 amide bonds. The van der Waals surface area contributed by atoms with E-state index in [0.717, 1.165) is 30.5 Å². The Morgan fingerprint density at radius 2 is 1.74 bits per heavy atom. The Balaban J connectivity index is 1.42. The average molecular weight is 507 g/mol. The van der Waals surface area contributed by atoms with Crippen molar-refractivity contribution in [2.24, 2.45) is 0 Å². The Kier molecular flexibility index (Phi) is 6.61. The van der Waals surface area contributed by atoms with E-state index in [-0.39, 0.29) is 12.5 Å². The van der Waals surface area contributed by atoms with Crippen LogP contribution >= 0.6 is 0 Å². The van der Waals surface area contributed by atoms with Crippen LogP contribution in [0.25, 0.3) is 22.2 Å². The van der Waals surface area contributed by atoms with E-state index in [0.29, 0.717) is 11.5 Å². The molecule has 0 spiro atoms. The SMILES string of the molecule is CC(C)(NC(=O)c1ccc2c(C3CCCCC3)c3n(c2c1)CCCc1ccccc1-3)c1ccc(CO)cc1. The van der Waals surface area contributed by atoms with Crippen molar-refractivity contribution < 1.29 is 9.90 Å². The molecule has 0 bridgehead atoms. The van der Waals surface area contributed by atoms with Crippen LogP contribution in [0.15, 0.2) is 66.7 Å². The van der Waals surface area contributed by atoms with Gasteiger partial charge in [0.1, 0.15) is 0 Å². The third-order valence-corrected chi connectivity index (χ3v) is 8.76.